The Morgan fingerprint density at radius 2 is 1.70 bits per heavy atom. The first-order valence-corrected chi connectivity index (χ1v) is 11.1. The molecule has 30 heavy (non-hydrogen) atoms. The van der Waals surface area contributed by atoms with E-state index in [4.69, 9.17) is 4.74 Å². The van der Waals surface area contributed by atoms with Crippen molar-refractivity contribution in [2.75, 3.05) is 19.7 Å². The first-order chi connectivity index (χ1) is 14.4. The van der Waals surface area contributed by atoms with Crippen molar-refractivity contribution in [3.8, 4) is 0 Å². The molecule has 9 heteroatoms. The number of hydrogen-bond acceptors (Lipinski definition) is 5. The number of nitrogens with zero attached hydrogens (tertiary/aromatic N) is 1. The van der Waals surface area contributed by atoms with Crippen LogP contribution in [0.4, 0.5) is 0 Å². The van der Waals surface area contributed by atoms with Crippen molar-refractivity contribution < 1.29 is 22.7 Å². The number of carbonyl (C=O) groups excluding carboxylic acids is 2. The molecule has 160 valence electrons. The van der Waals surface area contributed by atoms with Gasteiger partial charge in [-0.2, -0.15) is 4.31 Å². The maximum absolute atomic E-state index is 12.9. The molecule has 0 aromatic heterocycles. The summed E-state index contributed by atoms with van der Waals surface area (Å²) in [5.74, 6) is -1.62. The Morgan fingerprint density at radius 3 is 2.43 bits per heavy atom. The molecule has 1 aliphatic rings. The van der Waals surface area contributed by atoms with Gasteiger partial charge in [0.1, 0.15) is 6.23 Å². The Labute approximate surface area is 176 Å². The number of amides is 2. The van der Waals surface area contributed by atoms with E-state index in [-0.39, 0.29) is 24.5 Å². The minimum absolute atomic E-state index is 0.122. The van der Waals surface area contributed by atoms with E-state index < -0.39 is 28.1 Å². The first-order valence-electron chi connectivity index (χ1n) is 9.68. The maximum atomic E-state index is 12.9. The topological polar surface area (TPSA) is 105 Å². The molecule has 0 saturated carbocycles. The van der Waals surface area contributed by atoms with Gasteiger partial charge in [0.15, 0.2) is 0 Å². The van der Waals surface area contributed by atoms with Gasteiger partial charge in [0, 0.05) is 13.1 Å². The second-order valence-corrected chi connectivity index (χ2v) is 8.82. The molecule has 0 aliphatic carbocycles. The van der Waals surface area contributed by atoms with Crippen LogP contribution in [0, 0.1) is 6.92 Å². The van der Waals surface area contributed by atoms with Crippen LogP contribution in [-0.4, -0.2) is 50.5 Å². The molecule has 1 fully saturated rings. The third kappa shape index (κ3) is 5.24. The van der Waals surface area contributed by atoms with Crippen molar-refractivity contribution in [2.45, 2.75) is 31.0 Å². The highest BCUT2D eigenvalue weighted by atomic mass is 32.2. The fourth-order valence-corrected chi connectivity index (χ4v) is 4.74. The van der Waals surface area contributed by atoms with Crippen molar-refractivity contribution in [1.29, 1.82) is 0 Å². The molecule has 2 amide bonds. The average molecular weight is 432 g/mol. The van der Waals surface area contributed by atoms with E-state index in [9.17, 15) is 18.0 Å². The quantitative estimate of drug-likeness (QED) is 0.668. The van der Waals surface area contributed by atoms with Crippen molar-refractivity contribution in [1.82, 2.24) is 14.9 Å². The van der Waals surface area contributed by atoms with Crippen molar-refractivity contribution in [3.63, 3.8) is 0 Å². The summed E-state index contributed by atoms with van der Waals surface area (Å²) in [6, 6.07) is 15.6. The fraction of sp³-hybridized carbons (Fsp3) is 0.333. The van der Waals surface area contributed by atoms with E-state index in [1.54, 1.807) is 18.2 Å². The number of nitrogens with one attached hydrogen (secondary N) is 2. The molecule has 1 saturated heterocycles. The Kier molecular flexibility index (Phi) is 7.20. The molecule has 2 aromatic rings. The fourth-order valence-electron chi connectivity index (χ4n) is 3.15. The molecular weight excluding hydrogens is 406 g/mol. The highest BCUT2D eigenvalue weighted by Crippen LogP contribution is 2.21. The Morgan fingerprint density at radius 1 is 1.03 bits per heavy atom. The van der Waals surface area contributed by atoms with Crippen molar-refractivity contribution in [3.05, 3.63) is 65.7 Å². The van der Waals surface area contributed by atoms with Crippen LogP contribution in [0.3, 0.4) is 0 Å². The van der Waals surface area contributed by atoms with E-state index >= 15 is 0 Å². The van der Waals surface area contributed by atoms with Crippen LogP contribution in [0.2, 0.25) is 0 Å². The molecule has 2 aromatic carbocycles. The smallest absolute Gasteiger partial charge is 0.309 e. The number of rotatable bonds is 6. The van der Waals surface area contributed by atoms with Crippen LogP contribution in [0.1, 0.15) is 17.5 Å². The lowest BCUT2D eigenvalue weighted by Gasteiger charge is -2.34. The second-order valence-electron chi connectivity index (χ2n) is 6.93. The lowest BCUT2D eigenvalue weighted by molar-refractivity contribution is -0.140. The van der Waals surface area contributed by atoms with E-state index in [0.29, 0.717) is 13.0 Å². The van der Waals surface area contributed by atoms with Crippen LogP contribution in [0.5, 0.6) is 0 Å². The van der Waals surface area contributed by atoms with E-state index in [1.165, 1.54) is 16.4 Å². The highest BCUT2D eigenvalue weighted by Gasteiger charge is 2.34. The third-order valence-electron chi connectivity index (χ3n) is 4.85. The summed E-state index contributed by atoms with van der Waals surface area (Å²) in [5, 5.41) is 5.05. The maximum Gasteiger partial charge on any atom is 0.309 e. The number of benzene rings is 2. The van der Waals surface area contributed by atoms with Gasteiger partial charge in [-0.05, 0) is 36.6 Å². The Balaban J connectivity index is 1.58. The molecule has 2 N–H and O–H groups in total. The summed E-state index contributed by atoms with van der Waals surface area (Å²) >= 11 is 0. The third-order valence-corrected chi connectivity index (χ3v) is 6.75. The van der Waals surface area contributed by atoms with Gasteiger partial charge >= 0.3 is 11.8 Å². The van der Waals surface area contributed by atoms with Gasteiger partial charge in [0.2, 0.25) is 10.0 Å². The van der Waals surface area contributed by atoms with Crippen LogP contribution in [-0.2, 0) is 30.9 Å². The molecule has 0 spiro atoms. The number of aryl methyl sites for hydroxylation is 1. The van der Waals surface area contributed by atoms with Gasteiger partial charge in [0.05, 0.1) is 18.0 Å². The molecular formula is C21H25N3O5S. The molecule has 0 radical (unpaired) electrons. The van der Waals surface area contributed by atoms with Crippen molar-refractivity contribution in [2.24, 2.45) is 0 Å². The summed E-state index contributed by atoms with van der Waals surface area (Å²) in [5.41, 5.74) is 1.92. The summed E-state index contributed by atoms with van der Waals surface area (Å²) in [4.78, 5) is 24.4. The SMILES string of the molecule is Cc1ccccc1CNC(=O)C(=O)NC[C@@H]1OCCCN1S(=O)(=O)c1ccccc1. The number of ether oxygens (including phenoxy) is 1. The summed E-state index contributed by atoms with van der Waals surface area (Å²) in [6.45, 7) is 2.68. The number of carbonyl (C=O) groups is 2. The van der Waals surface area contributed by atoms with Gasteiger partial charge in [0.25, 0.3) is 0 Å². The lowest BCUT2D eigenvalue weighted by atomic mass is 10.1. The number of sulfonamides is 1. The van der Waals surface area contributed by atoms with Crippen molar-refractivity contribution >= 4 is 21.8 Å². The minimum Gasteiger partial charge on any atom is -0.360 e. The largest absolute Gasteiger partial charge is 0.360 e. The predicted molar refractivity (Wildman–Crippen MR) is 111 cm³/mol. The summed E-state index contributed by atoms with van der Waals surface area (Å²) in [7, 11) is -3.77. The van der Waals surface area contributed by atoms with Crippen LogP contribution >= 0.6 is 0 Å². The van der Waals surface area contributed by atoms with E-state index in [2.05, 4.69) is 10.6 Å². The Hall–Kier alpha value is -2.75. The van der Waals surface area contributed by atoms with Gasteiger partial charge in [-0.25, -0.2) is 8.42 Å². The van der Waals surface area contributed by atoms with Crippen LogP contribution in [0.15, 0.2) is 59.5 Å². The average Bonchev–Trinajstić information content (AvgIpc) is 2.77. The van der Waals surface area contributed by atoms with Crippen LogP contribution < -0.4 is 10.6 Å². The summed E-state index contributed by atoms with van der Waals surface area (Å²) < 4.78 is 32.6. The number of hydrogen-bond donors (Lipinski definition) is 2. The van der Waals surface area contributed by atoms with E-state index in [0.717, 1.165) is 11.1 Å². The van der Waals surface area contributed by atoms with Crippen LogP contribution in [0.25, 0.3) is 0 Å². The minimum atomic E-state index is -3.77. The molecule has 1 aliphatic heterocycles. The zero-order chi connectivity index (χ0) is 21.6. The van der Waals surface area contributed by atoms with Gasteiger partial charge in [-0.15, -0.1) is 0 Å². The molecule has 0 unspecified atom stereocenters. The normalized spacial score (nSPS) is 17.3. The zero-order valence-corrected chi connectivity index (χ0v) is 17.5. The van der Waals surface area contributed by atoms with E-state index in [1.807, 2.05) is 31.2 Å². The standard InChI is InChI=1S/C21H25N3O5S/c1-16-8-5-6-9-17(16)14-22-20(25)21(26)23-15-19-24(12-7-13-29-19)30(27,28)18-10-3-2-4-11-18/h2-6,8-11,19H,7,12-15H2,1H3,(H,22,25)(H,23,26)/t19-/m0/s1. The van der Waals surface area contributed by atoms with Gasteiger partial charge in [-0.1, -0.05) is 42.5 Å². The van der Waals surface area contributed by atoms with Gasteiger partial charge in [-0.3, -0.25) is 9.59 Å². The predicted octanol–water partition coefficient (Wildman–Crippen LogP) is 1.16. The summed E-state index contributed by atoms with van der Waals surface area (Å²) in [6.07, 6.45) is -0.329. The second kappa shape index (κ2) is 9.84. The monoisotopic (exact) mass is 431 g/mol. The molecule has 0 bridgehead atoms. The Bertz CT molecular complexity index is 995. The highest BCUT2D eigenvalue weighted by molar-refractivity contribution is 7.89. The first kappa shape index (κ1) is 21.9. The van der Waals surface area contributed by atoms with Gasteiger partial charge < -0.3 is 15.4 Å². The lowest BCUT2D eigenvalue weighted by Crippen LogP contribution is -2.53. The molecule has 1 heterocycles. The molecule has 3 rings (SSSR count). The molecule has 8 nitrogen and oxygen atoms in total. The zero-order valence-electron chi connectivity index (χ0n) is 16.7. The molecule has 1 atom stereocenters.